The monoisotopic (exact) mass is 492 g/mol. The van der Waals surface area contributed by atoms with E-state index in [1.54, 1.807) is 53.4 Å². The first-order chi connectivity index (χ1) is 17.4. The summed E-state index contributed by atoms with van der Waals surface area (Å²) in [7, 11) is 4.53. The Balaban J connectivity index is 1.92. The van der Waals surface area contributed by atoms with Crippen molar-refractivity contribution in [3.63, 3.8) is 0 Å². The number of para-hydroxylation sites is 1. The van der Waals surface area contributed by atoms with Crippen LogP contribution < -0.4 is 19.5 Å². The summed E-state index contributed by atoms with van der Waals surface area (Å²) in [6.45, 7) is 2.38. The van der Waals surface area contributed by atoms with Gasteiger partial charge in [0.05, 0.1) is 39.0 Å². The lowest BCUT2D eigenvalue weighted by molar-refractivity contribution is -0.119. The van der Waals surface area contributed by atoms with Crippen LogP contribution in [0.4, 0.5) is 10.1 Å². The van der Waals surface area contributed by atoms with Gasteiger partial charge in [0.15, 0.2) is 11.5 Å². The lowest BCUT2D eigenvalue weighted by Crippen LogP contribution is -2.46. The molecule has 3 aromatic carbocycles. The Labute approximate surface area is 209 Å². The first-order valence-electron chi connectivity index (χ1n) is 11.7. The van der Waals surface area contributed by atoms with Crippen molar-refractivity contribution in [2.24, 2.45) is 0 Å². The highest BCUT2D eigenvalue weighted by Crippen LogP contribution is 2.47. The molecular formula is C28H29FN2O5. The van der Waals surface area contributed by atoms with Gasteiger partial charge in [-0.25, -0.2) is 4.39 Å². The summed E-state index contributed by atoms with van der Waals surface area (Å²) in [6, 6.07) is 15.8. The van der Waals surface area contributed by atoms with E-state index in [1.807, 2.05) is 6.92 Å². The van der Waals surface area contributed by atoms with Crippen molar-refractivity contribution >= 4 is 17.5 Å². The van der Waals surface area contributed by atoms with Gasteiger partial charge in [0.1, 0.15) is 5.82 Å². The first-order valence-corrected chi connectivity index (χ1v) is 11.7. The zero-order valence-electron chi connectivity index (χ0n) is 20.7. The van der Waals surface area contributed by atoms with E-state index in [-0.39, 0.29) is 11.6 Å². The molecule has 36 heavy (non-hydrogen) atoms. The molecule has 7 nitrogen and oxygen atoms in total. The molecule has 0 saturated carbocycles. The van der Waals surface area contributed by atoms with Gasteiger partial charge < -0.3 is 24.4 Å². The van der Waals surface area contributed by atoms with E-state index in [0.717, 1.165) is 0 Å². The number of nitrogens with zero attached hydrogens (tertiary/aromatic N) is 1. The quantitative estimate of drug-likeness (QED) is 0.469. The number of ether oxygens (including phenoxy) is 3. The fourth-order valence-corrected chi connectivity index (χ4v) is 4.78. The summed E-state index contributed by atoms with van der Waals surface area (Å²) < 4.78 is 31.0. The zero-order chi connectivity index (χ0) is 25.8. The number of hydrogen-bond donors (Lipinski definition) is 1. The van der Waals surface area contributed by atoms with Crippen molar-refractivity contribution in [1.29, 1.82) is 0 Å². The van der Waals surface area contributed by atoms with Crippen molar-refractivity contribution in [2.75, 3.05) is 33.2 Å². The molecule has 0 spiro atoms. The van der Waals surface area contributed by atoms with Crippen LogP contribution in [0.3, 0.4) is 0 Å². The number of nitrogens with one attached hydrogen (secondary N) is 1. The van der Waals surface area contributed by atoms with Crippen LogP contribution in [0.1, 0.15) is 46.8 Å². The summed E-state index contributed by atoms with van der Waals surface area (Å²) in [5.74, 6) is -0.763. The standard InChI is InChI=1S/C28H29FN2O5/c1-5-14-31-25(17-15-22(34-2)26(36-4)23(16-17)35-3)24(18-10-6-7-11-19(18)28(31)33)27(32)30-21-13-9-8-12-20(21)29/h6-13,15-16,24-25H,5,14H2,1-4H3,(H,30,32). The van der Waals surface area contributed by atoms with Crippen molar-refractivity contribution in [2.45, 2.75) is 25.3 Å². The average Bonchev–Trinajstić information content (AvgIpc) is 2.90. The van der Waals surface area contributed by atoms with Crippen molar-refractivity contribution in [3.05, 3.63) is 83.2 Å². The van der Waals surface area contributed by atoms with E-state index in [2.05, 4.69) is 5.32 Å². The third-order valence-electron chi connectivity index (χ3n) is 6.35. The Kier molecular flexibility index (Phi) is 7.43. The van der Waals surface area contributed by atoms with Gasteiger partial charge in [-0.3, -0.25) is 9.59 Å². The minimum absolute atomic E-state index is 0.0718. The molecule has 0 radical (unpaired) electrons. The van der Waals surface area contributed by atoms with Crippen LogP contribution in [-0.4, -0.2) is 44.6 Å². The lowest BCUT2D eigenvalue weighted by atomic mass is 9.78. The number of fused-ring (bicyclic) bond motifs is 1. The molecule has 0 saturated heterocycles. The van der Waals surface area contributed by atoms with Gasteiger partial charge in [-0.05, 0) is 47.9 Å². The van der Waals surface area contributed by atoms with Gasteiger partial charge >= 0.3 is 0 Å². The molecule has 1 heterocycles. The maximum Gasteiger partial charge on any atom is 0.254 e. The van der Waals surface area contributed by atoms with Crippen molar-refractivity contribution in [3.8, 4) is 17.2 Å². The largest absolute Gasteiger partial charge is 0.493 e. The van der Waals surface area contributed by atoms with Crippen LogP contribution in [0, 0.1) is 5.82 Å². The lowest BCUT2D eigenvalue weighted by Gasteiger charge is -2.42. The number of amides is 2. The van der Waals surface area contributed by atoms with Crippen LogP contribution in [0.25, 0.3) is 0 Å². The molecule has 3 aromatic rings. The van der Waals surface area contributed by atoms with Crippen molar-refractivity contribution < 1.29 is 28.2 Å². The third-order valence-corrected chi connectivity index (χ3v) is 6.35. The fourth-order valence-electron chi connectivity index (χ4n) is 4.78. The van der Waals surface area contributed by atoms with Gasteiger partial charge in [0, 0.05) is 12.1 Å². The Bertz CT molecular complexity index is 1250. The van der Waals surface area contributed by atoms with Gasteiger partial charge in [0.2, 0.25) is 11.7 Å². The Hall–Kier alpha value is -4.07. The first kappa shape index (κ1) is 25.0. The highest BCUT2D eigenvalue weighted by Gasteiger charge is 2.44. The van der Waals surface area contributed by atoms with Gasteiger partial charge in [-0.15, -0.1) is 0 Å². The Morgan fingerprint density at radius 1 is 0.972 bits per heavy atom. The maximum atomic E-state index is 14.4. The molecule has 0 bridgehead atoms. The normalized spacial score (nSPS) is 16.8. The van der Waals surface area contributed by atoms with Gasteiger partial charge in [0.25, 0.3) is 5.91 Å². The number of hydrogen-bond acceptors (Lipinski definition) is 5. The summed E-state index contributed by atoms with van der Waals surface area (Å²) >= 11 is 0. The highest BCUT2D eigenvalue weighted by molar-refractivity contribution is 6.04. The Morgan fingerprint density at radius 3 is 2.22 bits per heavy atom. The second-order valence-electron chi connectivity index (χ2n) is 8.44. The molecule has 8 heteroatoms. The van der Waals surface area contributed by atoms with E-state index in [9.17, 15) is 14.0 Å². The molecule has 1 aliphatic rings. The fraction of sp³-hybridized carbons (Fsp3) is 0.286. The second kappa shape index (κ2) is 10.7. The number of anilines is 1. The number of methoxy groups -OCH3 is 3. The average molecular weight is 493 g/mol. The molecule has 1 N–H and O–H groups in total. The minimum atomic E-state index is -0.826. The summed E-state index contributed by atoms with van der Waals surface area (Å²) in [4.78, 5) is 29.2. The topological polar surface area (TPSA) is 77.1 Å². The van der Waals surface area contributed by atoms with E-state index in [1.165, 1.54) is 33.5 Å². The van der Waals surface area contributed by atoms with Crippen LogP contribution in [0.15, 0.2) is 60.7 Å². The summed E-state index contributed by atoms with van der Waals surface area (Å²) in [5, 5.41) is 2.74. The molecule has 4 rings (SSSR count). The van der Waals surface area contributed by atoms with Crippen LogP contribution >= 0.6 is 0 Å². The zero-order valence-corrected chi connectivity index (χ0v) is 20.7. The molecule has 2 atom stereocenters. The highest BCUT2D eigenvalue weighted by atomic mass is 19.1. The molecule has 1 aliphatic heterocycles. The number of rotatable bonds is 8. The van der Waals surface area contributed by atoms with Gasteiger partial charge in [-0.2, -0.15) is 0 Å². The number of benzene rings is 3. The second-order valence-corrected chi connectivity index (χ2v) is 8.44. The van der Waals surface area contributed by atoms with Crippen LogP contribution in [0.5, 0.6) is 17.2 Å². The molecule has 2 unspecified atom stereocenters. The Morgan fingerprint density at radius 2 is 1.61 bits per heavy atom. The van der Waals surface area contributed by atoms with Crippen molar-refractivity contribution in [1.82, 2.24) is 4.90 Å². The molecule has 0 aliphatic carbocycles. The predicted octanol–water partition coefficient (Wildman–Crippen LogP) is 5.18. The molecule has 0 aromatic heterocycles. The predicted molar refractivity (Wildman–Crippen MR) is 134 cm³/mol. The minimum Gasteiger partial charge on any atom is -0.493 e. The van der Waals surface area contributed by atoms with Crippen LogP contribution in [0.2, 0.25) is 0 Å². The van der Waals surface area contributed by atoms with E-state index < -0.39 is 23.7 Å². The van der Waals surface area contributed by atoms with E-state index in [0.29, 0.717) is 46.9 Å². The number of carbonyl (C=O) groups excluding carboxylic acids is 2. The SMILES string of the molecule is CCCN1C(=O)c2ccccc2C(C(=O)Nc2ccccc2F)C1c1cc(OC)c(OC)c(OC)c1. The van der Waals surface area contributed by atoms with E-state index >= 15 is 0 Å². The smallest absolute Gasteiger partial charge is 0.254 e. The summed E-state index contributed by atoms with van der Waals surface area (Å²) in [5.41, 5.74) is 1.72. The van der Waals surface area contributed by atoms with E-state index in [4.69, 9.17) is 14.2 Å². The molecule has 0 fully saturated rings. The maximum absolute atomic E-state index is 14.4. The molecule has 2 amide bonds. The van der Waals surface area contributed by atoms with Gasteiger partial charge in [-0.1, -0.05) is 37.3 Å². The summed E-state index contributed by atoms with van der Waals surface area (Å²) in [6.07, 6.45) is 0.677. The number of halogens is 1. The molecule has 188 valence electrons. The van der Waals surface area contributed by atoms with Crippen LogP contribution in [-0.2, 0) is 4.79 Å². The third kappa shape index (κ3) is 4.46. The number of carbonyl (C=O) groups is 2. The molecular weight excluding hydrogens is 463 g/mol.